The Labute approximate surface area is 124 Å². The van der Waals surface area contributed by atoms with E-state index in [1.165, 1.54) is 6.26 Å². The van der Waals surface area contributed by atoms with Crippen molar-refractivity contribution in [2.24, 2.45) is 7.05 Å². The lowest BCUT2D eigenvalue weighted by Gasteiger charge is -2.22. The van der Waals surface area contributed by atoms with E-state index in [1.807, 2.05) is 23.9 Å². The van der Waals surface area contributed by atoms with Gasteiger partial charge in [-0.3, -0.25) is 0 Å². The van der Waals surface area contributed by atoms with Gasteiger partial charge in [-0.1, -0.05) is 0 Å². The van der Waals surface area contributed by atoms with Crippen LogP contribution in [0.15, 0.2) is 18.6 Å². The minimum atomic E-state index is -2.96. The van der Waals surface area contributed by atoms with Gasteiger partial charge in [0.15, 0.2) is 0 Å². The molecule has 1 aliphatic rings. The highest BCUT2D eigenvalue weighted by Crippen LogP contribution is 2.26. The van der Waals surface area contributed by atoms with Crippen LogP contribution in [0.1, 0.15) is 19.3 Å². The Morgan fingerprint density at radius 3 is 2.81 bits per heavy atom. The zero-order valence-electron chi connectivity index (χ0n) is 12.4. The molecule has 3 heterocycles. The molecule has 0 amide bonds. The van der Waals surface area contributed by atoms with Crippen molar-refractivity contribution in [3.63, 3.8) is 0 Å². The van der Waals surface area contributed by atoms with Gasteiger partial charge < -0.3 is 9.47 Å². The minimum absolute atomic E-state index is 0.226. The number of sulfone groups is 1. The highest BCUT2D eigenvalue weighted by molar-refractivity contribution is 7.91. The molecule has 7 heteroatoms. The largest absolute Gasteiger partial charge is 0.356 e. The summed E-state index contributed by atoms with van der Waals surface area (Å²) in [5.41, 5.74) is 0.906. The molecule has 0 N–H and O–H groups in total. The quantitative estimate of drug-likeness (QED) is 0.838. The van der Waals surface area contributed by atoms with E-state index >= 15 is 0 Å². The first-order chi connectivity index (χ1) is 9.97. The van der Waals surface area contributed by atoms with Crippen LogP contribution < -0.4 is 4.90 Å². The second-order valence-corrected chi connectivity index (χ2v) is 8.06. The van der Waals surface area contributed by atoms with E-state index in [2.05, 4.69) is 14.9 Å². The maximum Gasteiger partial charge on any atom is 0.150 e. The van der Waals surface area contributed by atoms with Crippen LogP contribution in [0.2, 0.25) is 0 Å². The van der Waals surface area contributed by atoms with E-state index < -0.39 is 9.84 Å². The average Bonchev–Trinajstić information content (AvgIpc) is 2.67. The molecule has 3 rings (SSSR count). The molecule has 2 aromatic heterocycles. The van der Waals surface area contributed by atoms with Crippen molar-refractivity contribution in [1.82, 2.24) is 14.5 Å². The molecule has 1 fully saturated rings. The van der Waals surface area contributed by atoms with E-state index in [1.54, 1.807) is 6.33 Å². The van der Waals surface area contributed by atoms with Gasteiger partial charge in [0.25, 0.3) is 0 Å². The van der Waals surface area contributed by atoms with Gasteiger partial charge in [-0.15, -0.1) is 0 Å². The van der Waals surface area contributed by atoms with Crippen LogP contribution in [0.3, 0.4) is 0 Å². The minimum Gasteiger partial charge on any atom is -0.356 e. The van der Waals surface area contributed by atoms with Crippen molar-refractivity contribution in [3.8, 4) is 0 Å². The molecule has 1 atom stereocenters. The summed E-state index contributed by atoms with van der Waals surface area (Å²) in [7, 11) is -0.997. The molecule has 21 heavy (non-hydrogen) atoms. The van der Waals surface area contributed by atoms with E-state index in [0.717, 1.165) is 42.8 Å². The van der Waals surface area contributed by atoms with Gasteiger partial charge in [-0.05, 0) is 25.3 Å². The van der Waals surface area contributed by atoms with Gasteiger partial charge in [0.1, 0.15) is 27.6 Å². The molecule has 2 aromatic rings. The maximum atomic E-state index is 11.8. The molecule has 0 aromatic carbocycles. The Bertz CT molecular complexity index is 753. The summed E-state index contributed by atoms with van der Waals surface area (Å²) < 4.78 is 25.5. The summed E-state index contributed by atoms with van der Waals surface area (Å²) in [6, 6.07) is 2.02. The molecule has 0 aliphatic carbocycles. The Kier molecular flexibility index (Phi) is 3.61. The third kappa shape index (κ3) is 2.74. The van der Waals surface area contributed by atoms with Gasteiger partial charge in [0, 0.05) is 32.6 Å². The Morgan fingerprint density at radius 2 is 2.05 bits per heavy atom. The molecule has 0 radical (unpaired) electrons. The van der Waals surface area contributed by atoms with Crippen LogP contribution in [0, 0.1) is 0 Å². The molecule has 1 aliphatic heterocycles. The molecule has 0 spiro atoms. The van der Waals surface area contributed by atoms with E-state index in [-0.39, 0.29) is 5.25 Å². The lowest BCUT2D eigenvalue weighted by Crippen LogP contribution is -2.27. The fourth-order valence-electron chi connectivity index (χ4n) is 3.02. The van der Waals surface area contributed by atoms with Crippen molar-refractivity contribution in [2.45, 2.75) is 24.5 Å². The standard InChI is InChI=1S/C14H20N4O2S/c1-17-8-6-12-13(17)15-10-16-14(12)18-7-3-4-11(5-9-18)21(2,19)20/h6,8,10-11H,3-5,7,9H2,1-2H3. The van der Waals surface area contributed by atoms with Gasteiger partial charge in [-0.2, -0.15) is 0 Å². The van der Waals surface area contributed by atoms with Crippen LogP contribution in [0.4, 0.5) is 5.82 Å². The molecule has 1 unspecified atom stereocenters. The van der Waals surface area contributed by atoms with Gasteiger partial charge in [0.2, 0.25) is 0 Å². The summed E-state index contributed by atoms with van der Waals surface area (Å²) in [6.45, 7) is 1.56. The van der Waals surface area contributed by atoms with E-state index in [4.69, 9.17) is 0 Å². The summed E-state index contributed by atoms with van der Waals surface area (Å²) >= 11 is 0. The third-order valence-corrected chi connectivity index (χ3v) is 5.90. The molecule has 0 bridgehead atoms. The number of nitrogens with zero attached hydrogens (tertiary/aromatic N) is 4. The first-order valence-corrected chi connectivity index (χ1v) is 9.12. The van der Waals surface area contributed by atoms with Gasteiger partial charge >= 0.3 is 0 Å². The second kappa shape index (κ2) is 5.29. The van der Waals surface area contributed by atoms with Crippen LogP contribution in [0.5, 0.6) is 0 Å². The number of rotatable bonds is 2. The topological polar surface area (TPSA) is 68.1 Å². The fraction of sp³-hybridized carbons (Fsp3) is 0.571. The molecule has 0 saturated carbocycles. The highest BCUT2D eigenvalue weighted by atomic mass is 32.2. The van der Waals surface area contributed by atoms with E-state index in [9.17, 15) is 8.42 Å². The van der Waals surface area contributed by atoms with Crippen molar-refractivity contribution < 1.29 is 8.42 Å². The van der Waals surface area contributed by atoms with Crippen molar-refractivity contribution in [1.29, 1.82) is 0 Å². The first kappa shape index (κ1) is 14.3. The summed E-state index contributed by atoms with van der Waals surface area (Å²) in [5, 5.41) is 0.799. The van der Waals surface area contributed by atoms with Crippen molar-refractivity contribution in [3.05, 3.63) is 18.6 Å². The number of hydrogen-bond donors (Lipinski definition) is 0. The van der Waals surface area contributed by atoms with E-state index in [0.29, 0.717) is 6.42 Å². The normalized spacial score (nSPS) is 20.7. The van der Waals surface area contributed by atoms with Crippen LogP contribution in [-0.4, -0.2) is 47.5 Å². The monoisotopic (exact) mass is 308 g/mol. The van der Waals surface area contributed by atoms with Gasteiger partial charge in [-0.25, -0.2) is 18.4 Å². The van der Waals surface area contributed by atoms with Crippen LogP contribution in [-0.2, 0) is 16.9 Å². The third-order valence-electron chi connectivity index (χ3n) is 4.22. The average molecular weight is 308 g/mol. The molecular formula is C14H20N4O2S. The number of hydrogen-bond acceptors (Lipinski definition) is 5. The maximum absolute atomic E-state index is 11.8. The fourth-order valence-corrected chi connectivity index (χ4v) is 4.15. The smallest absolute Gasteiger partial charge is 0.150 e. The van der Waals surface area contributed by atoms with Crippen LogP contribution in [0.25, 0.3) is 11.0 Å². The predicted molar refractivity (Wildman–Crippen MR) is 83.2 cm³/mol. The molecule has 1 saturated heterocycles. The lowest BCUT2D eigenvalue weighted by atomic mass is 10.2. The Balaban J connectivity index is 1.90. The first-order valence-electron chi connectivity index (χ1n) is 7.16. The molecule has 6 nitrogen and oxygen atoms in total. The summed E-state index contributed by atoms with van der Waals surface area (Å²) in [4.78, 5) is 10.9. The zero-order chi connectivity index (χ0) is 15.0. The predicted octanol–water partition coefficient (Wildman–Crippen LogP) is 1.37. The van der Waals surface area contributed by atoms with Crippen LogP contribution >= 0.6 is 0 Å². The Hall–Kier alpha value is -1.63. The summed E-state index contributed by atoms with van der Waals surface area (Å²) in [6.07, 6.45) is 7.16. The summed E-state index contributed by atoms with van der Waals surface area (Å²) in [5.74, 6) is 0.912. The molecule has 114 valence electrons. The van der Waals surface area contributed by atoms with Gasteiger partial charge in [0.05, 0.1) is 10.6 Å². The SMILES string of the molecule is Cn1ccc2c(N3CCCC(S(C)(=O)=O)CC3)ncnc21. The zero-order valence-corrected chi connectivity index (χ0v) is 13.2. The number of aromatic nitrogens is 3. The Morgan fingerprint density at radius 1 is 1.24 bits per heavy atom. The lowest BCUT2D eigenvalue weighted by molar-refractivity contribution is 0.573. The highest BCUT2D eigenvalue weighted by Gasteiger charge is 2.25. The molecular weight excluding hydrogens is 288 g/mol. The number of anilines is 1. The number of fused-ring (bicyclic) bond motifs is 1. The van der Waals surface area contributed by atoms with Crippen molar-refractivity contribution >= 4 is 26.7 Å². The number of aryl methyl sites for hydroxylation is 1. The second-order valence-electron chi connectivity index (χ2n) is 5.73. The van der Waals surface area contributed by atoms with Crippen molar-refractivity contribution in [2.75, 3.05) is 24.2 Å².